The van der Waals surface area contributed by atoms with Gasteiger partial charge in [-0.2, -0.15) is 5.26 Å². The molecule has 1 aromatic carbocycles. The van der Waals surface area contributed by atoms with Crippen molar-refractivity contribution < 1.29 is 0 Å². The number of hydrogen-bond donors (Lipinski definition) is 0. The molecule has 2 heteroatoms. The smallest absolute Gasteiger partial charge is 0.0991 e. The van der Waals surface area contributed by atoms with Crippen molar-refractivity contribution in [3.63, 3.8) is 0 Å². The van der Waals surface area contributed by atoms with Crippen molar-refractivity contribution in [3.05, 3.63) is 35.5 Å². The van der Waals surface area contributed by atoms with Crippen LogP contribution in [0.3, 0.4) is 0 Å². The van der Waals surface area contributed by atoms with Crippen molar-refractivity contribution in [2.75, 3.05) is 0 Å². The third-order valence-electron chi connectivity index (χ3n) is 3.07. The van der Waals surface area contributed by atoms with Crippen molar-refractivity contribution in [1.29, 1.82) is 5.26 Å². The Hall–Kier alpha value is -1.75. The number of rotatable bonds is 1. The molecule has 0 unspecified atom stereocenters. The maximum absolute atomic E-state index is 8.84. The molecule has 2 aromatic rings. The summed E-state index contributed by atoms with van der Waals surface area (Å²) in [7, 11) is 0. The van der Waals surface area contributed by atoms with E-state index in [4.69, 9.17) is 5.26 Å². The van der Waals surface area contributed by atoms with Crippen molar-refractivity contribution in [1.82, 2.24) is 4.57 Å². The Morgan fingerprint density at radius 3 is 2.80 bits per heavy atom. The quantitative estimate of drug-likeness (QED) is 0.688. The van der Waals surface area contributed by atoms with E-state index in [1.807, 2.05) is 12.1 Å². The summed E-state index contributed by atoms with van der Waals surface area (Å²) >= 11 is 0. The van der Waals surface area contributed by atoms with Crippen LogP contribution in [0.5, 0.6) is 0 Å². The standard InChI is InChI=1S/C13H12N2/c1-9-6-11-7-10(8-14)2-5-13(11)15(9)12-3-4-12/h2,5-7,12H,3-4H2,1H3. The minimum absolute atomic E-state index is 0.704. The van der Waals surface area contributed by atoms with E-state index in [-0.39, 0.29) is 0 Å². The van der Waals surface area contributed by atoms with Gasteiger partial charge in [0.05, 0.1) is 11.6 Å². The van der Waals surface area contributed by atoms with Crippen LogP contribution in [-0.2, 0) is 0 Å². The molecule has 1 fully saturated rings. The number of aromatic nitrogens is 1. The Kier molecular flexibility index (Phi) is 1.63. The molecule has 74 valence electrons. The molecule has 3 rings (SSSR count). The Balaban J connectivity index is 2.28. The molecular formula is C13H12N2. The summed E-state index contributed by atoms with van der Waals surface area (Å²) in [6.45, 7) is 2.14. The van der Waals surface area contributed by atoms with Gasteiger partial charge in [0.25, 0.3) is 0 Å². The largest absolute Gasteiger partial charge is 0.342 e. The van der Waals surface area contributed by atoms with Crippen LogP contribution >= 0.6 is 0 Å². The zero-order valence-corrected chi connectivity index (χ0v) is 8.70. The first-order valence-electron chi connectivity index (χ1n) is 5.31. The van der Waals surface area contributed by atoms with E-state index in [0.29, 0.717) is 6.04 Å². The molecule has 0 N–H and O–H groups in total. The lowest BCUT2D eigenvalue weighted by Gasteiger charge is -2.05. The second-order valence-corrected chi connectivity index (χ2v) is 4.27. The number of fused-ring (bicyclic) bond motifs is 1. The number of hydrogen-bond acceptors (Lipinski definition) is 1. The minimum Gasteiger partial charge on any atom is -0.342 e. The fourth-order valence-electron chi connectivity index (χ4n) is 2.26. The van der Waals surface area contributed by atoms with Gasteiger partial charge in [-0.15, -0.1) is 0 Å². The lowest BCUT2D eigenvalue weighted by atomic mass is 10.2. The summed E-state index contributed by atoms with van der Waals surface area (Å²) in [6.07, 6.45) is 2.59. The molecule has 0 bridgehead atoms. The molecule has 0 radical (unpaired) electrons. The fraction of sp³-hybridized carbons (Fsp3) is 0.308. The Labute approximate surface area is 88.7 Å². The van der Waals surface area contributed by atoms with Crippen LogP contribution in [0.2, 0.25) is 0 Å². The zero-order chi connectivity index (χ0) is 10.4. The van der Waals surface area contributed by atoms with Gasteiger partial charge in [-0.1, -0.05) is 0 Å². The van der Waals surface area contributed by atoms with Crippen molar-refractivity contribution in [3.8, 4) is 6.07 Å². The second kappa shape index (κ2) is 2.87. The van der Waals surface area contributed by atoms with Gasteiger partial charge in [0.1, 0.15) is 0 Å². The minimum atomic E-state index is 0.704. The zero-order valence-electron chi connectivity index (χ0n) is 8.70. The van der Waals surface area contributed by atoms with Crippen molar-refractivity contribution >= 4 is 10.9 Å². The molecule has 1 heterocycles. The van der Waals surface area contributed by atoms with Gasteiger partial charge in [0, 0.05) is 22.6 Å². The van der Waals surface area contributed by atoms with Gasteiger partial charge >= 0.3 is 0 Å². The number of nitrogens with zero attached hydrogens (tertiary/aromatic N) is 2. The first kappa shape index (κ1) is 8.55. The summed E-state index contributed by atoms with van der Waals surface area (Å²) in [6, 6.07) is 11.0. The summed E-state index contributed by atoms with van der Waals surface area (Å²) in [4.78, 5) is 0. The monoisotopic (exact) mass is 196 g/mol. The van der Waals surface area contributed by atoms with E-state index in [1.54, 1.807) is 0 Å². The highest BCUT2D eigenvalue weighted by atomic mass is 15.0. The summed E-state index contributed by atoms with van der Waals surface area (Å²) < 4.78 is 2.40. The van der Waals surface area contributed by atoms with Crippen molar-refractivity contribution in [2.45, 2.75) is 25.8 Å². The SMILES string of the molecule is Cc1cc2cc(C#N)ccc2n1C1CC1. The predicted molar refractivity (Wildman–Crippen MR) is 59.7 cm³/mol. The van der Waals surface area contributed by atoms with Gasteiger partial charge in [-0.25, -0.2) is 0 Å². The van der Waals surface area contributed by atoms with E-state index in [0.717, 1.165) is 5.56 Å². The molecule has 1 aromatic heterocycles. The van der Waals surface area contributed by atoms with Gasteiger partial charge < -0.3 is 4.57 Å². The highest BCUT2D eigenvalue weighted by Gasteiger charge is 2.25. The highest BCUT2D eigenvalue weighted by Crippen LogP contribution is 2.39. The van der Waals surface area contributed by atoms with Gasteiger partial charge in [-0.3, -0.25) is 0 Å². The molecule has 2 nitrogen and oxygen atoms in total. The Bertz CT molecular complexity index is 568. The van der Waals surface area contributed by atoms with E-state index < -0.39 is 0 Å². The molecule has 1 aliphatic carbocycles. The summed E-state index contributed by atoms with van der Waals surface area (Å²) in [5.74, 6) is 0. The van der Waals surface area contributed by atoms with Crippen LogP contribution in [-0.4, -0.2) is 4.57 Å². The normalized spacial score (nSPS) is 15.5. The highest BCUT2D eigenvalue weighted by molar-refractivity contribution is 5.83. The maximum Gasteiger partial charge on any atom is 0.0991 e. The second-order valence-electron chi connectivity index (χ2n) is 4.27. The first-order valence-corrected chi connectivity index (χ1v) is 5.31. The third kappa shape index (κ3) is 1.24. The fourth-order valence-corrected chi connectivity index (χ4v) is 2.26. The lowest BCUT2D eigenvalue weighted by Crippen LogP contribution is -1.95. The summed E-state index contributed by atoms with van der Waals surface area (Å²) in [5, 5.41) is 10.0. The first-order chi connectivity index (χ1) is 7.29. The van der Waals surface area contributed by atoms with E-state index in [2.05, 4.69) is 29.7 Å². The van der Waals surface area contributed by atoms with E-state index in [1.165, 1.54) is 29.4 Å². The maximum atomic E-state index is 8.84. The molecule has 0 spiro atoms. The average Bonchev–Trinajstić information content (AvgIpc) is 3.00. The number of benzene rings is 1. The molecule has 1 saturated carbocycles. The van der Waals surface area contributed by atoms with Crippen LogP contribution in [0, 0.1) is 18.3 Å². The van der Waals surface area contributed by atoms with Crippen LogP contribution in [0.15, 0.2) is 24.3 Å². The average molecular weight is 196 g/mol. The Morgan fingerprint density at radius 1 is 1.33 bits per heavy atom. The van der Waals surface area contributed by atoms with E-state index in [9.17, 15) is 0 Å². The third-order valence-corrected chi connectivity index (χ3v) is 3.07. The summed E-state index contributed by atoms with van der Waals surface area (Å²) in [5.41, 5.74) is 3.33. The van der Waals surface area contributed by atoms with Gasteiger partial charge in [0.15, 0.2) is 0 Å². The number of aryl methyl sites for hydroxylation is 1. The van der Waals surface area contributed by atoms with Crippen LogP contribution < -0.4 is 0 Å². The Morgan fingerprint density at radius 2 is 2.13 bits per heavy atom. The van der Waals surface area contributed by atoms with Crippen molar-refractivity contribution in [2.24, 2.45) is 0 Å². The topological polar surface area (TPSA) is 28.7 Å². The van der Waals surface area contributed by atoms with Crippen LogP contribution in [0.1, 0.15) is 30.1 Å². The van der Waals surface area contributed by atoms with Crippen LogP contribution in [0.25, 0.3) is 10.9 Å². The molecule has 15 heavy (non-hydrogen) atoms. The molecule has 1 aliphatic rings. The number of nitriles is 1. The molecule has 0 saturated heterocycles. The predicted octanol–water partition coefficient (Wildman–Crippen LogP) is 3.16. The van der Waals surface area contributed by atoms with Gasteiger partial charge in [-0.05, 0) is 44.0 Å². The molecule has 0 aliphatic heterocycles. The van der Waals surface area contributed by atoms with Gasteiger partial charge in [0.2, 0.25) is 0 Å². The van der Waals surface area contributed by atoms with Crippen LogP contribution in [0.4, 0.5) is 0 Å². The molecular weight excluding hydrogens is 184 g/mol. The molecule has 0 atom stereocenters. The lowest BCUT2D eigenvalue weighted by molar-refractivity contribution is 0.749. The molecule has 0 amide bonds. The van der Waals surface area contributed by atoms with E-state index >= 15 is 0 Å².